The average Bonchev–Trinajstić information content (AvgIpc) is 3.28. The molecule has 4 aromatic carbocycles. The minimum absolute atomic E-state index is 0.118. The lowest BCUT2D eigenvalue weighted by molar-refractivity contribution is 0.102. The molecular formula is C28H25N3O3S. The molecule has 0 radical (unpaired) electrons. The normalized spacial score (nSPS) is 12.7. The molecule has 2 N–H and O–H groups in total. The van der Waals surface area contributed by atoms with Gasteiger partial charge < -0.3 is 10.2 Å². The molecule has 0 saturated heterocycles. The van der Waals surface area contributed by atoms with E-state index in [1.165, 1.54) is 23.4 Å². The van der Waals surface area contributed by atoms with Crippen molar-refractivity contribution in [3.8, 4) is 0 Å². The van der Waals surface area contributed by atoms with Crippen LogP contribution in [0.1, 0.15) is 21.5 Å². The van der Waals surface area contributed by atoms with Crippen LogP contribution in [0, 0.1) is 0 Å². The number of fused-ring (bicyclic) bond motifs is 1. The summed E-state index contributed by atoms with van der Waals surface area (Å²) in [7, 11) is -3.71. The van der Waals surface area contributed by atoms with Gasteiger partial charge in [0.15, 0.2) is 0 Å². The molecule has 0 saturated carbocycles. The first-order chi connectivity index (χ1) is 17.0. The first-order valence-electron chi connectivity index (χ1n) is 11.4. The summed E-state index contributed by atoms with van der Waals surface area (Å²) >= 11 is 0. The molecule has 1 aliphatic rings. The van der Waals surface area contributed by atoms with Crippen molar-refractivity contribution in [3.05, 3.63) is 120 Å². The molecule has 4 aromatic rings. The fourth-order valence-corrected chi connectivity index (χ4v) is 5.25. The third kappa shape index (κ3) is 5.20. The van der Waals surface area contributed by atoms with Gasteiger partial charge >= 0.3 is 0 Å². The molecule has 0 bridgehead atoms. The zero-order chi connectivity index (χ0) is 24.3. The van der Waals surface area contributed by atoms with E-state index in [0.29, 0.717) is 16.9 Å². The van der Waals surface area contributed by atoms with Gasteiger partial charge in [0, 0.05) is 35.7 Å². The molecule has 0 unspecified atom stereocenters. The summed E-state index contributed by atoms with van der Waals surface area (Å²) in [6, 6.07) is 30.8. The number of nitrogens with one attached hydrogen (secondary N) is 2. The summed E-state index contributed by atoms with van der Waals surface area (Å²) in [4.78, 5) is 15.2. The molecule has 0 aliphatic carbocycles. The van der Waals surface area contributed by atoms with Gasteiger partial charge in [-0.3, -0.25) is 9.52 Å². The van der Waals surface area contributed by atoms with Crippen molar-refractivity contribution in [1.82, 2.24) is 0 Å². The maximum Gasteiger partial charge on any atom is 0.261 e. The molecule has 35 heavy (non-hydrogen) atoms. The lowest BCUT2D eigenvalue weighted by atomic mass is 10.1. The third-order valence-electron chi connectivity index (χ3n) is 6.02. The van der Waals surface area contributed by atoms with Gasteiger partial charge in [-0.05, 0) is 72.1 Å². The van der Waals surface area contributed by atoms with E-state index in [0.717, 1.165) is 25.1 Å². The van der Waals surface area contributed by atoms with Crippen LogP contribution >= 0.6 is 0 Å². The van der Waals surface area contributed by atoms with Crippen LogP contribution in [0.4, 0.5) is 17.1 Å². The van der Waals surface area contributed by atoms with Crippen LogP contribution in [0.3, 0.4) is 0 Å². The van der Waals surface area contributed by atoms with Crippen LogP contribution < -0.4 is 14.9 Å². The van der Waals surface area contributed by atoms with E-state index in [2.05, 4.69) is 39.2 Å². The Labute approximate surface area is 205 Å². The number of amides is 1. The van der Waals surface area contributed by atoms with Gasteiger partial charge in [0.1, 0.15) is 0 Å². The smallest absolute Gasteiger partial charge is 0.261 e. The van der Waals surface area contributed by atoms with E-state index in [-0.39, 0.29) is 10.8 Å². The summed E-state index contributed by atoms with van der Waals surface area (Å²) < 4.78 is 27.7. The molecule has 0 fully saturated rings. The second-order valence-electron chi connectivity index (χ2n) is 8.45. The second kappa shape index (κ2) is 9.64. The zero-order valence-electron chi connectivity index (χ0n) is 19.0. The summed E-state index contributed by atoms with van der Waals surface area (Å²) in [5, 5.41) is 2.83. The average molecular weight is 484 g/mol. The number of carbonyl (C=O) groups excluding carboxylic acids is 1. The van der Waals surface area contributed by atoms with E-state index < -0.39 is 10.0 Å². The lowest BCUT2D eigenvalue weighted by Gasteiger charge is -2.19. The summed E-state index contributed by atoms with van der Waals surface area (Å²) in [5.74, 6) is -0.249. The molecule has 7 heteroatoms. The molecule has 0 aromatic heterocycles. The molecule has 1 amide bonds. The number of rotatable bonds is 7. The van der Waals surface area contributed by atoms with Crippen LogP contribution in [-0.4, -0.2) is 20.9 Å². The Balaban J connectivity index is 1.20. The molecule has 6 nitrogen and oxygen atoms in total. The monoisotopic (exact) mass is 483 g/mol. The number of benzene rings is 4. The van der Waals surface area contributed by atoms with Crippen LogP contribution in [0.2, 0.25) is 0 Å². The van der Waals surface area contributed by atoms with Crippen LogP contribution in [-0.2, 0) is 23.0 Å². The Kier molecular flexibility index (Phi) is 6.25. The Morgan fingerprint density at radius 2 is 1.46 bits per heavy atom. The van der Waals surface area contributed by atoms with Crippen LogP contribution in [0.25, 0.3) is 0 Å². The number of hydrogen-bond donors (Lipinski definition) is 2. The van der Waals surface area contributed by atoms with Crippen LogP contribution in [0.15, 0.2) is 108 Å². The maximum atomic E-state index is 12.7. The summed E-state index contributed by atoms with van der Waals surface area (Å²) in [5.41, 5.74) is 5.34. The van der Waals surface area contributed by atoms with Gasteiger partial charge in [-0.2, -0.15) is 0 Å². The number of hydrogen-bond acceptors (Lipinski definition) is 4. The first kappa shape index (κ1) is 22.7. The minimum Gasteiger partial charge on any atom is -0.367 e. The standard InChI is InChI=1S/C28H25N3O3S/c32-28(23-12-10-21(11-13-23)20-31-19-18-22-6-4-5-9-27(22)31)29-24-14-16-26(17-15-24)35(33,34)30-25-7-2-1-3-8-25/h1-17,30H,18-20H2,(H,29,32). The van der Waals surface area contributed by atoms with E-state index in [1.54, 1.807) is 36.4 Å². The molecule has 5 rings (SSSR count). The molecular weight excluding hydrogens is 458 g/mol. The van der Waals surface area contributed by atoms with E-state index in [1.807, 2.05) is 30.3 Å². The van der Waals surface area contributed by atoms with Crippen LogP contribution in [0.5, 0.6) is 0 Å². The predicted molar refractivity (Wildman–Crippen MR) is 139 cm³/mol. The van der Waals surface area contributed by atoms with Crippen molar-refractivity contribution in [2.24, 2.45) is 0 Å². The van der Waals surface area contributed by atoms with Gasteiger partial charge in [0.2, 0.25) is 0 Å². The topological polar surface area (TPSA) is 78.5 Å². The zero-order valence-corrected chi connectivity index (χ0v) is 19.8. The minimum atomic E-state index is -3.71. The van der Waals surface area contributed by atoms with Crippen molar-refractivity contribution < 1.29 is 13.2 Å². The third-order valence-corrected chi connectivity index (χ3v) is 7.42. The molecule has 0 atom stereocenters. The van der Waals surface area contributed by atoms with Crippen molar-refractivity contribution >= 4 is 33.0 Å². The predicted octanol–water partition coefficient (Wildman–Crippen LogP) is 5.30. The summed E-state index contributed by atoms with van der Waals surface area (Å²) in [6.45, 7) is 1.79. The van der Waals surface area contributed by atoms with Gasteiger partial charge in [-0.25, -0.2) is 8.42 Å². The molecule has 0 spiro atoms. The van der Waals surface area contributed by atoms with Gasteiger partial charge in [0.25, 0.3) is 15.9 Å². The quantitative estimate of drug-likeness (QED) is 0.374. The van der Waals surface area contributed by atoms with Crippen molar-refractivity contribution in [3.63, 3.8) is 0 Å². The number of nitrogens with zero attached hydrogens (tertiary/aromatic N) is 1. The molecule has 1 aliphatic heterocycles. The highest BCUT2D eigenvalue weighted by Gasteiger charge is 2.18. The fourth-order valence-electron chi connectivity index (χ4n) is 4.19. The van der Waals surface area contributed by atoms with Crippen molar-refractivity contribution in [1.29, 1.82) is 0 Å². The number of anilines is 3. The number of sulfonamides is 1. The van der Waals surface area contributed by atoms with E-state index >= 15 is 0 Å². The Morgan fingerprint density at radius 3 is 2.20 bits per heavy atom. The number of para-hydroxylation sites is 2. The highest BCUT2D eigenvalue weighted by atomic mass is 32.2. The van der Waals surface area contributed by atoms with E-state index in [9.17, 15) is 13.2 Å². The van der Waals surface area contributed by atoms with Gasteiger partial charge in [0.05, 0.1) is 4.90 Å². The highest BCUT2D eigenvalue weighted by molar-refractivity contribution is 7.92. The highest BCUT2D eigenvalue weighted by Crippen LogP contribution is 2.29. The Bertz CT molecular complexity index is 1440. The SMILES string of the molecule is O=C(Nc1ccc(S(=O)(=O)Nc2ccccc2)cc1)c1ccc(CN2CCc3ccccc32)cc1. The molecule has 1 heterocycles. The van der Waals surface area contributed by atoms with Gasteiger partial charge in [-0.15, -0.1) is 0 Å². The van der Waals surface area contributed by atoms with E-state index in [4.69, 9.17) is 0 Å². The second-order valence-corrected chi connectivity index (χ2v) is 10.1. The summed E-state index contributed by atoms with van der Waals surface area (Å²) in [6.07, 6.45) is 1.05. The Hall–Kier alpha value is -4.10. The first-order valence-corrected chi connectivity index (χ1v) is 12.9. The number of carbonyl (C=O) groups is 1. The maximum absolute atomic E-state index is 12.7. The van der Waals surface area contributed by atoms with Gasteiger partial charge in [-0.1, -0.05) is 48.5 Å². The van der Waals surface area contributed by atoms with Crippen molar-refractivity contribution in [2.45, 2.75) is 17.9 Å². The van der Waals surface area contributed by atoms with Crippen molar-refractivity contribution in [2.75, 3.05) is 21.5 Å². The lowest BCUT2D eigenvalue weighted by Crippen LogP contribution is -2.19. The Morgan fingerprint density at radius 1 is 0.771 bits per heavy atom. The molecule has 176 valence electrons. The largest absolute Gasteiger partial charge is 0.367 e. The fraction of sp³-hybridized carbons (Fsp3) is 0.107.